The number of amides is 1. The minimum atomic E-state index is -0.0728. The maximum atomic E-state index is 12.9. The lowest BCUT2D eigenvalue weighted by Crippen LogP contribution is -2.37. The molecule has 1 heterocycles. The van der Waals surface area contributed by atoms with E-state index < -0.39 is 0 Å². The molecule has 1 saturated carbocycles. The Balaban J connectivity index is 1.86. The highest BCUT2D eigenvalue weighted by atomic mass is 16.3. The van der Waals surface area contributed by atoms with Crippen molar-refractivity contribution in [3.8, 4) is 0 Å². The number of hydrogen-bond acceptors (Lipinski definition) is 4. The second-order valence-electron chi connectivity index (χ2n) is 6.44. The van der Waals surface area contributed by atoms with Gasteiger partial charge in [-0.25, -0.2) is 4.98 Å². The second-order valence-corrected chi connectivity index (χ2v) is 6.44. The molecule has 2 aromatic rings. The predicted molar refractivity (Wildman–Crippen MR) is 88.3 cm³/mol. The Labute approximate surface area is 136 Å². The molecule has 5 heteroatoms. The summed E-state index contributed by atoms with van der Waals surface area (Å²) < 4.78 is 5.46. The molecule has 0 aliphatic heterocycles. The maximum absolute atomic E-state index is 12.9. The first kappa shape index (κ1) is 15.7. The van der Waals surface area contributed by atoms with E-state index in [1.165, 1.54) is 6.39 Å². The Morgan fingerprint density at radius 2 is 1.96 bits per heavy atom. The summed E-state index contributed by atoms with van der Waals surface area (Å²) in [7, 11) is 5.87. The standard InChI is InChI=1S/C18H23N3O2/c1-20(2)11-15(13-7-5-4-6-8-13)21(3)18(22)16-17(14-9-10-14)23-12-19-16/h4-8,12,14-15H,9-11H2,1-3H3/t15-/m1/s1. The number of oxazole rings is 1. The van der Waals surface area contributed by atoms with E-state index in [9.17, 15) is 4.79 Å². The molecule has 1 aliphatic carbocycles. The molecule has 0 unspecified atom stereocenters. The van der Waals surface area contributed by atoms with E-state index in [-0.39, 0.29) is 11.9 Å². The number of rotatable bonds is 6. The number of hydrogen-bond donors (Lipinski definition) is 0. The van der Waals surface area contributed by atoms with Crippen LogP contribution in [0.2, 0.25) is 0 Å². The van der Waals surface area contributed by atoms with E-state index in [2.05, 4.69) is 22.0 Å². The summed E-state index contributed by atoms with van der Waals surface area (Å²) in [6.45, 7) is 0.753. The van der Waals surface area contributed by atoms with Gasteiger partial charge in [-0.3, -0.25) is 4.79 Å². The minimum absolute atomic E-state index is 0.0255. The van der Waals surface area contributed by atoms with Gasteiger partial charge in [-0.1, -0.05) is 30.3 Å². The second kappa shape index (κ2) is 6.54. The van der Waals surface area contributed by atoms with E-state index in [4.69, 9.17) is 4.42 Å². The fourth-order valence-electron chi connectivity index (χ4n) is 2.83. The van der Waals surface area contributed by atoms with Crippen LogP contribution in [0.3, 0.4) is 0 Å². The predicted octanol–water partition coefficient (Wildman–Crippen LogP) is 2.93. The molecule has 5 nitrogen and oxygen atoms in total. The first-order valence-electron chi connectivity index (χ1n) is 7.98. The van der Waals surface area contributed by atoms with Crippen molar-refractivity contribution in [1.29, 1.82) is 0 Å². The maximum Gasteiger partial charge on any atom is 0.276 e. The molecule has 0 saturated heterocycles. The lowest BCUT2D eigenvalue weighted by Gasteiger charge is -2.30. The average Bonchev–Trinajstić information content (AvgIpc) is 3.29. The van der Waals surface area contributed by atoms with Crippen molar-refractivity contribution in [2.24, 2.45) is 0 Å². The highest BCUT2D eigenvalue weighted by Crippen LogP contribution is 2.41. The van der Waals surface area contributed by atoms with Gasteiger partial charge >= 0.3 is 0 Å². The van der Waals surface area contributed by atoms with E-state index in [1.54, 1.807) is 4.90 Å². The van der Waals surface area contributed by atoms with Gasteiger partial charge in [0, 0.05) is 19.5 Å². The smallest absolute Gasteiger partial charge is 0.276 e. The summed E-state index contributed by atoms with van der Waals surface area (Å²) in [5.41, 5.74) is 1.59. The molecule has 0 N–H and O–H groups in total. The highest BCUT2D eigenvalue weighted by Gasteiger charge is 2.34. The molecule has 0 radical (unpaired) electrons. The number of carbonyl (C=O) groups is 1. The van der Waals surface area contributed by atoms with Crippen LogP contribution in [0, 0.1) is 0 Å². The minimum Gasteiger partial charge on any atom is -0.447 e. The molecular weight excluding hydrogens is 290 g/mol. The number of benzene rings is 1. The lowest BCUT2D eigenvalue weighted by atomic mass is 10.0. The van der Waals surface area contributed by atoms with Gasteiger partial charge in [0.1, 0.15) is 5.76 Å². The Morgan fingerprint density at radius 3 is 2.57 bits per heavy atom. The van der Waals surface area contributed by atoms with E-state index in [0.717, 1.165) is 30.7 Å². The third-order valence-electron chi connectivity index (χ3n) is 4.26. The summed E-state index contributed by atoms with van der Waals surface area (Å²) in [5.74, 6) is 1.05. The molecule has 122 valence electrons. The Kier molecular flexibility index (Phi) is 4.48. The third kappa shape index (κ3) is 3.45. The Morgan fingerprint density at radius 1 is 1.26 bits per heavy atom. The van der Waals surface area contributed by atoms with Crippen molar-refractivity contribution in [3.05, 3.63) is 53.7 Å². The third-order valence-corrected chi connectivity index (χ3v) is 4.26. The number of likely N-dealkylation sites (N-methyl/N-ethyl adjacent to an activating group) is 2. The summed E-state index contributed by atoms with van der Waals surface area (Å²) >= 11 is 0. The van der Waals surface area contributed by atoms with Gasteiger partial charge in [-0.15, -0.1) is 0 Å². The molecule has 23 heavy (non-hydrogen) atoms. The van der Waals surface area contributed by atoms with Gasteiger partial charge in [0.2, 0.25) is 0 Å². The largest absolute Gasteiger partial charge is 0.447 e. The van der Waals surface area contributed by atoms with Crippen molar-refractivity contribution < 1.29 is 9.21 Å². The normalized spacial score (nSPS) is 15.7. The van der Waals surface area contributed by atoms with Crippen LogP contribution in [-0.4, -0.2) is 48.4 Å². The van der Waals surface area contributed by atoms with Crippen LogP contribution >= 0.6 is 0 Å². The average molecular weight is 313 g/mol. The number of carbonyl (C=O) groups excluding carboxylic acids is 1. The van der Waals surface area contributed by atoms with Gasteiger partial charge in [0.05, 0.1) is 6.04 Å². The fraction of sp³-hybridized carbons (Fsp3) is 0.444. The summed E-state index contributed by atoms with van der Waals surface area (Å²) in [4.78, 5) is 21.0. The molecule has 1 aliphatic rings. The summed E-state index contributed by atoms with van der Waals surface area (Å²) in [6.07, 6.45) is 3.55. The van der Waals surface area contributed by atoms with Gasteiger partial charge in [-0.2, -0.15) is 0 Å². The molecule has 1 aromatic carbocycles. The van der Waals surface area contributed by atoms with Crippen LogP contribution in [0.25, 0.3) is 0 Å². The molecule has 1 amide bonds. The van der Waals surface area contributed by atoms with E-state index >= 15 is 0 Å². The highest BCUT2D eigenvalue weighted by molar-refractivity contribution is 5.93. The zero-order chi connectivity index (χ0) is 16.4. The molecule has 1 atom stereocenters. The molecule has 0 bridgehead atoms. The van der Waals surface area contributed by atoms with Crippen molar-refractivity contribution in [2.45, 2.75) is 24.8 Å². The summed E-state index contributed by atoms with van der Waals surface area (Å²) in [5, 5.41) is 0. The van der Waals surface area contributed by atoms with Crippen molar-refractivity contribution in [1.82, 2.24) is 14.8 Å². The van der Waals surface area contributed by atoms with Crippen LogP contribution < -0.4 is 0 Å². The molecule has 0 spiro atoms. The van der Waals surface area contributed by atoms with Gasteiger partial charge < -0.3 is 14.2 Å². The van der Waals surface area contributed by atoms with Crippen LogP contribution in [0.4, 0.5) is 0 Å². The zero-order valence-electron chi connectivity index (χ0n) is 13.9. The Bertz CT molecular complexity index is 662. The molecule has 1 aromatic heterocycles. The van der Waals surface area contributed by atoms with Gasteiger partial charge in [-0.05, 0) is 32.5 Å². The lowest BCUT2D eigenvalue weighted by molar-refractivity contribution is 0.0697. The fourth-order valence-corrected chi connectivity index (χ4v) is 2.83. The number of aromatic nitrogens is 1. The Hall–Kier alpha value is -2.14. The quantitative estimate of drug-likeness (QED) is 0.823. The molecule has 3 rings (SSSR count). The first-order chi connectivity index (χ1) is 11.1. The van der Waals surface area contributed by atoms with Crippen LogP contribution in [0.5, 0.6) is 0 Å². The van der Waals surface area contributed by atoms with Crippen molar-refractivity contribution >= 4 is 5.91 Å². The first-order valence-corrected chi connectivity index (χ1v) is 7.98. The van der Waals surface area contributed by atoms with Crippen molar-refractivity contribution in [2.75, 3.05) is 27.7 Å². The van der Waals surface area contributed by atoms with Crippen LogP contribution in [-0.2, 0) is 0 Å². The van der Waals surface area contributed by atoms with Crippen LogP contribution in [0.15, 0.2) is 41.1 Å². The van der Waals surface area contributed by atoms with E-state index in [0.29, 0.717) is 11.6 Å². The SMILES string of the molecule is CN(C)C[C@H](c1ccccc1)N(C)C(=O)c1ncoc1C1CC1. The summed E-state index contributed by atoms with van der Waals surface area (Å²) in [6, 6.07) is 10.1. The van der Waals surface area contributed by atoms with Crippen molar-refractivity contribution in [3.63, 3.8) is 0 Å². The van der Waals surface area contributed by atoms with E-state index in [1.807, 2.05) is 39.3 Å². The number of nitrogens with zero attached hydrogens (tertiary/aromatic N) is 3. The zero-order valence-corrected chi connectivity index (χ0v) is 13.9. The monoisotopic (exact) mass is 313 g/mol. The van der Waals surface area contributed by atoms with Gasteiger partial charge in [0.25, 0.3) is 5.91 Å². The van der Waals surface area contributed by atoms with Gasteiger partial charge in [0.15, 0.2) is 12.1 Å². The molecule has 1 fully saturated rings. The van der Waals surface area contributed by atoms with Crippen LogP contribution in [0.1, 0.15) is 46.6 Å². The molecular formula is C18H23N3O2. The topological polar surface area (TPSA) is 49.6 Å².